The lowest BCUT2D eigenvalue weighted by atomic mass is 10.2. The Morgan fingerprint density at radius 1 is 1.75 bits per heavy atom. The molecule has 1 N–H and O–H groups in total. The zero-order valence-corrected chi connectivity index (χ0v) is 6.68. The van der Waals surface area contributed by atoms with Gasteiger partial charge < -0.3 is 5.11 Å². The van der Waals surface area contributed by atoms with E-state index < -0.39 is 11.9 Å². The van der Waals surface area contributed by atoms with Gasteiger partial charge in [-0.15, -0.1) is 0 Å². The van der Waals surface area contributed by atoms with E-state index >= 15 is 0 Å². The smallest absolute Gasteiger partial charge is 0.307 e. The average Bonchev–Trinajstić information content (AvgIpc) is 1.98. The molecule has 12 heavy (non-hydrogen) atoms. The number of hydrogen-bond donors (Lipinski definition) is 1. The van der Waals surface area contributed by atoms with Crippen LogP contribution in [0.25, 0.3) is 0 Å². The van der Waals surface area contributed by atoms with E-state index in [1.165, 1.54) is 12.3 Å². The van der Waals surface area contributed by atoms with E-state index in [0.717, 1.165) is 0 Å². The highest BCUT2D eigenvalue weighted by atomic mass is 35.5. The van der Waals surface area contributed by atoms with Crippen LogP contribution < -0.4 is 0 Å². The second kappa shape index (κ2) is 3.49. The molecule has 1 aromatic rings. The minimum absolute atomic E-state index is 0.222. The SMILES string of the molecule is O=C(O)Cc1ccnc(F)c1Cl. The van der Waals surface area contributed by atoms with Gasteiger partial charge in [0.15, 0.2) is 0 Å². The van der Waals surface area contributed by atoms with Crippen LogP contribution >= 0.6 is 11.6 Å². The fourth-order valence-electron chi connectivity index (χ4n) is 0.754. The summed E-state index contributed by atoms with van der Waals surface area (Å²) >= 11 is 5.44. The van der Waals surface area contributed by atoms with Crippen molar-refractivity contribution in [1.29, 1.82) is 0 Å². The Hall–Kier alpha value is -1.16. The molecule has 0 fully saturated rings. The normalized spacial score (nSPS) is 9.83. The minimum atomic E-state index is -1.05. The van der Waals surface area contributed by atoms with E-state index in [1.807, 2.05) is 0 Å². The van der Waals surface area contributed by atoms with Crippen molar-refractivity contribution in [2.75, 3.05) is 0 Å². The van der Waals surface area contributed by atoms with Crippen LogP contribution in [-0.2, 0) is 11.2 Å². The Bertz CT molecular complexity index is 316. The van der Waals surface area contributed by atoms with Crippen molar-refractivity contribution in [2.24, 2.45) is 0 Å². The largest absolute Gasteiger partial charge is 0.481 e. The highest BCUT2D eigenvalue weighted by Crippen LogP contribution is 2.17. The van der Waals surface area contributed by atoms with Gasteiger partial charge in [0.25, 0.3) is 0 Å². The molecule has 1 heterocycles. The molecule has 0 bridgehead atoms. The van der Waals surface area contributed by atoms with Crippen LogP contribution in [0.15, 0.2) is 12.3 Å². The molecule has 0 saturated carbocycles. The van der Waals surface area contributed by atoms with E-state index in [9.17, 15) is 9.18 Å². The molecule has 5 heteroatoms. The molecule has 0 radical (unpaired) electrons. The van der Waals surface area contributed by atoms with Gasteiger partial charge in [-0.25, -0.2) is 4.98 Å². The van der Waals surface area contributed by atoms with Gasteiger partial charge in [0.05, 0.1) is 11.4 Å². The number of rotatable bonds is 2. The Morgan fingerprint density at radius 3 is 3.00 bits per heavy atom. The summed E-state index contributed by atoms with van der Waals surface area (Å²) in [7, 11) is 0. The second-order valence-corrected chi connectivity index (χ2v) is 2.52. The van der Waals surface area contributed by atoms with Gasteiger partial charge >= 0.3 is 5.97 Å². The minimum Gasteiger partial charge on any atom is -0.481 e. The lowest BCUT2D eigenvalue weighted by Crippen LogP contribution is -2.02. The molecular formula is C7H5ClFNO2. The van der Waals surface area contributed by atoms with Crippen LogP contribution in [0.2, 0.25) is 5.02 Å². The number of aromatic nitrogens is 1. The van der Waals surface area contributed by atoms with Crippen molar-refractivity contribution in [1.82, 2.24) is 4.98 Å². The maximum absolute atomic E-state index is 12.6. The van der Waals surface area contributed by atoms with Gasteiger partial charge in [0, 0.05) is 6.20 Å². The summed E-state index contributed by atoms with van der Waals surface area (Å²) < 4.78 is 12.6. The first-order valence-corrected chi connectivity index (χ1v) is 3.49. The lowest BCUT2D eigenvalue weighted by Gasteiger charge is -1.99. The topological polar surface area (TPSA) is 50.2 Å². The van der Waals surface area contributed by atoms with E-state index in [4.69, 9.17) is 16.7 Å². The summed E-state index contributed by atoms with van der Waals surface area (Å²) in [5.74, 6) is -1.89. The maximum atomic E-state index is 12.6. The van der Waals surface area contributed by atoms with E-state index in [-0.39, 0.29) is 17.0 Å². The molecule has 1 rings (SSSR count). The predicted octanol–water partition coefficient (Wildman–Crippen LogP) is 1.50. The van der Waals surface area contributed by atoms with Crippen LogP contribution in [0, 0.1) is 5.95 Å². The predicted molar refractivity (Wildman–Crippen MR) is 40.5 cm³/mol. The van der Waals surface area contributed by atoms with Crippen molar-refractivity contribution < 1.29 is 14.3 Å². The molecule has 0 unspecified atom stereocenters. The third-order valence-electron chi connectivity index (χ3n) is 1.27. The van der Waals surface area contributed by atoms with Gasteiger partial charge in [-0.2, -0.15) is 4.39 Å². The highest BCUT2D eigenvalue weighted by Gasteiger charge is 2.09. The number of carboxylic acids is 1. The van der Waals surface area contributed by atoms with Crippen LogP contribution in [0.3, 0.4) is 0 Å². The van der Waals surface area contributed by atoms with Crippen molar-refractivity contribution in [3.63, 3.8) is 0 Å². The summed E-state index contributed by atoms with van der Waals surface area (Å²) in [6, 6.07) is 1.37. The quantitative estimate of drug-likeness (QED) is 0.718. The molecule has 0 aliphatic rings. The first-order chi connectivity index (χ1) is 5.61. The number of carbonyl (C=O) groups is 1. The standard InChI is InChI=1S/C7H5ClFNO2/c8-6-4(3-5(11)12)1-2-10-7(6)9/h1-2H,3H2,(H,11,12). The molecule has 0 atom stereocenters. The third-order valence-corrected chi connectivity index (χ3v) is 1.67. The molecule has 0 aromatic carbocycles. The van der Waals surface area contributed by atoms with E-state index in [2.05, 4.69) is 4.98 Å². The van der Waals surface area contributed by atoms with Gasteiger partial charge in [0.2, 0.25) is 5.95 Å². The van der Waals surface area contributed by atoms with Gasteiger partial charge in [0.1, 0.15) is 0 Å². The van der Waals surface area contributed by atoms with Crippen LogP contribution in [-0.4, -0.2) is 16.1 Å². The molecule has 64 valence electrons. The molecule has 0 aliphatic carbocycles. The monoisotopic (exact) mass is 189 g/mol. The highest BCUT2D eigenvalue weighted by molar-refractivity contribution is 6.31. The van der Waals surface area contributed by atoms with Crippen LogP contribution in [0.5, 0.6) is 0 Å². The first kappa shape index (κ1) is 8.93. The summed E-state index contributed by atoms with van der Waals surface area (Å²) in [5, 5.41) is 8.16. The molecule has 0 aliphatic heterocycles. The fourth-order valence-corrected chi connectivity index (χ4v) is 0.933. The zero-order valence-electron chi connectivity index (χ0n) is 5.92. The van der Waals surface area contributed by atoms with Crippen molar-refractivity contribution in [3.8, 4) is 0 Å². The van der Waals surface area contributed by atoms with Gasteiger partial charge in [-0.1, -0.05) is 11.6 Å². The Morgan fingerprint density at radius 2 is 2.42 bits per heavy atom. The Kier molecular flexibility index (Phi) is 2.60. The molecule has 3 nitrogen and oxygen atoms in total. The third kappa shape index (κ3) is 1.92. The van der Waals surface area contributed by atoms with Crippen LogP contribution in [0.4, 0.5) is 4.39 Å². The molecule has 0 spiro atoms. The number of nitrogens with zero attached hydrogens (tertiary/aromatic N) is 1. The number of aliphatic carboxylic acids is 1. The average molecular weight is 190 g/mol. The second-order valence-electron chi connectivity index (χ2n) is 2.15. The maximum Gasteiger partial charge on any atom is 0.307 e. The van der Waals surface area contributed by atoms with Crippen molar-refractivity contribution in [2.45, 2.75) is 6.42 Å². The zero-order chi connectivity index (χ0) is 9.14. The van der Waals surface area contributed by atoms with Gasteiger partial charge in [-0.3, -0.25) is 4.79 Å². The summed E-state index contributed by atoms with van der Waals surface area (Å²) in [6.07, 6.45) is 0.887. The van der Waals surface area contributed by atoms with E-state index in [1.54, 1.807) is 0 Å². The van der Waals surface area contributed by atoms with Crippen LogP contribution in [0.1, 0.15) is 5.56 Å². The number of hydrogen-bond acceptors (Lipinski definition) is 2. The molecule has 0 saturated heterocycles. The summed E-state index contributed by atoms with van der Waals surface area (Å²) in [5.41, 5.74) is 0.233. The fraction of sp³-hybridized carbons (Fsp3) is 0.143. The number of halogens is 2. The van der Waals surface area contributed by atoms with Crippen molar-refractivity contribution in [3.05, 3.63) is 28.8 Å². The number of carboxylic acid groups (broad SMARTS) is 1. The molecule has 0 amide bonds. The molecular weight excluding hydrogens is 185 g/mol. The van der Waals surface area contributed by atoms with Gasteiger partial charge in [-0.05, 0) is 11.6 Å². The first-order valence-electron chi connectivity index (χ1n) is 3.12. The van der Waals surface area contributed by atoms with Crippen molar-refractivity contribution >= 4 is 17.6 Å². The summed E-state index contributed by atoms with van der Waals surface area (Å²) in [4.78, 5) is 13.5. The Labute approximate surface area is 72.8 Å². The number of pyridine rings is 1. The molecule has 1 aromatic heterocycles. The van der Waals surface area contributed by atoms with E-state index in [0.29, 0.717) is 0 Å². The Balaban J connectivity index is 3.00. The summed E-state index contributed by atoms with van der Waals surface area (Å²) in [6.45, 7) is 0. The lowest BCUT2D eigenvalue weighted by molar-refractivity contribution is -0.136.